The summed E-state index contributed by atoms with van der Waals surface area (Å²) in [5.74, 6) is -11.1. The normalized spacial score (nSPS) is 10.7. The molecule has 1 aromatic heterocycles. The molecule has 0 aliphatic rings. The van der Waals surface area contributed by atoms with Gasteiger partial charge in [-0.3, -0.25) is 0 Å². The zero-order valence-electron chi connectivity index (χ0n) is 9.85. The molecule has 0 spiro atoms. The number of hydrogen-bond donors (Lipinski definition) is 1. The maximum atomic E-state index is 13.6. The van der Waals surface area contributed by atoms with Gasteiger partial charge < -0.3 is 10.5 Å². The molecule has 0 aliphatic heterocycles. The number of ether oxygens (including phenoxy) is 1. The van der Waals surface area contributed by atoms with Crippen LogP contribution >= 0.6 is 0 Å². The molecule has 0 saturated heterocycles. The molecule has 0 aliphatic carbocycles. The molecule has 106 valence electrons. The Morgan fingerprint density at radius 1 is 0.900 bits per heavy atom. The largest absolute Gasteiger partial charge is 0.481 e. The smallest absolute Gasteiger partial charge is 0.223 e. The van der Waals surface area contributed by atoms with E-state index in [2.05, 4.69) is 14.7 Å². The van der Waals surface area contributed by atoms with E-state index in [4.69, 9.17) is 5.73 Å². The van der Waals surface area contributed by atoms with Crippen molar-refractivity contribution in [1.29, 1.82) is 0 Å². The predicted molar refractivity (Wildman–Crippen MR) is 58.2 cm³/mol. The highest BCUT2D eigenvalue weighted by Gasteiger charge is 2.27. The third-order valence-corrected chi connectivity index (χ3v) is 2.40. The Hall–Kier alpha value is -2.45. The average Bonchev–Trinajstić information content (AvgIpc) is 2.42. The molecule has 0 fully saturated rings. The number of nitrogen functional groups attached to an aromatic ring is 1. The summed E-state index contributed by atoms with van der Waals surface area (Å²) >= 11 is 0. The zero-order valence-corrected chi connectivity index (χ0v) is 9.85. The van der Waals surface area contributed by atoms with Gasteiger partial charge in [-0.05, 0) is 0 Å². The topological polar surface area (TPSA) is 61.0 Å². The highest BCUT2D eigenvalue weighted by atomic mass is 19.2. The zero-order chi connectivity index (χ0) is 15.0. The predicted octanol–water partition coefficient (Wildman–Crippen LogP) is 2.43. The molecule has 0 bridgehead atoms. The van der Waals surface area contributed by atoms with E-state index in [1.54, 1.807) is 0 Å². The minimum absolute atomic E-state index is 0.184. The number of nitrogens with zero attached hydrogens (tertiary/aromatic N) is 2. The number of halogens is 5. The molecule has 1 heterocycles. The van der Waals surface area contributed by atoms with E-state index in [-0.39, 0.29) is 5.88 Å². The van der Waals surface area contributed by atoms with E-state index < -0.39 is 46.3 Å². The molecule has 0 saturated carbocycles. The summed E-state index contributed by atoms with van der Waals surface area (Å²) in [7, 11) is 1.18. The molecule has 2 N–H and O–H groups in total. The number of benzene rings is 1. The van der Waals surface area contributed by atoms with Crippen molar-refractivity contribution in [2.45, 2.75) is 0 Å². The van der Waals surface area contributed by atoms with Gasteiger partial charge in [-0.2, -0.15) is 4.98 Å². The van der Waals surface area contributed by atoms with E-state index in [1.807, 2.05) is 0 Å². The summed E-state index contributed by atoms with van der Waals surface area (Å²) in [6.07, 6.45) is 0. The van der Waals surface area contributed by atoms with Crippen LogP contribution in [0.4, 0.5) is 27.9 Å². The number of hydrogen-bond acceptors (Lipinski definition) is 4. The third kappa shape index (κ3) is 2.10. The molecular formula is C11H6F5N3O. The Labute approximate surface area is 109 Å². The lowest BCUT2D eigenvalue weighted by Crippen LogP contribution is -2.06. The van der Waals surface area contributed by atoms with E-state index in [0.717, 1.165) is 6.07 Å². The molecule has 0 amide bonds. The van der Waals surface area contributed by atoms with Crippen molar-refractivity contribution < 1.29 is 26.7 Å². The van der Waals surface area contributed by atoms with Crippen molar-refractivity contribution in [1.82, 2.24) is 9.97 Å². The number of aromatic nitrogens is 2. The van der Waals surface area contributed by atoms with Gasteiger partial charge in [-0.15, -0.1) is 0 Å². The van der Waals surface area contributed by atoms with E-state index in [9.17, 15) is 22.0 Å². The quantitative estimate of drug-likeness (QED) is 0.524. The fraction of sp³-hybridized carbons (Fsp3) is 0.0909. The Kier molecular flexibility index (Phi) is 3.43. The van der Waals surface area contributed by atoms with Gasteiger partial charge in [0.25, 0.3) is 0 Å². The Balaban J connectivity index is 2.79. The average molecular weight is 291 g/mol. The molecule has 4 nitrogen and oxygen atoms in total. The van der Waals surface area contributed by atoms with Gasteiger partial charge in [-0.25, -0.2) is 26.9 Å². The second-order valence-electron chi connectivity index (χ2n) is 3.60. The van der Waals surface area contributed by atoms with Gasteiger partial charge in [-0.1, -0.05) is 0 Å². The van der Waals surface area contributed by atoms with Crippen LogP contribution in [-0.4, -0.2) is 17.1 Å². The van der Waals surface area contributed by atoms with Gasteiger partial charge in [0.1, 0.15) is 0 Å². The summed E-state index contributed by atoms with van der Waals surface area (Å²) in [6.45, 7) is 0. The Bertz CT molecular complexity index is 663. The van der Waals surface area contributed by atoms with Crippen molar-refractivity contribution >= 4 is 5.95 Å². The van der Waals surface area contributed by atoms with Crippen LogP contribution < -0.4 is 10.5 Å². The van der Waals surface area contributed by atoms with Crippen molar-refractivity contribution in [3.8, 4) is 17.1 Å². The molecule has 2 aromatic rings. The maximum Gasteiger partial charge on any atom is 0.223 e. The molecular weight excluding hydrogens is 285 g/mol. The van der Waals surface area contributed by atoms with E-state index >= 15 is 0 Å². The first-order valence-electron chi connectivity index (χ1n) is 5.07. The number of anilines is 1. The second-order valence-corrected chi connectivity index (χ2v) is 3.60. The number of nitrogens with two attached hydrogens (primary N) is 1. The van der Waals surface area contributed by atoms with Crippen molar-refractivity contribution in [3.63, 3.8) is 0 Å². The SMILES string of the molecule is COc1cc(-c2c(F)c(F)c(F)c(F)c2F)nc(N)n1. The first kappa shape index (κ1) is 14.0. The summed E-state index contributed by atoms with van der Waals surface area (Å²) in [4.78, 5) is 6.97. The lowest BCUT2D eigenvalue weighted by molar-refractivity contribution is 0.380. The summed E-state index contributed by atoms with van der Waals surface area (Å²) < 4.78 is 71.0. The minimum atomic E-state index is -2.25. The van der Waals surface area contributed by atoms with Crippen LogP contribution in [-0.2, 0) is 0 Å². The van der Waals surface area contributed by atoms with Crippen LogP contribution in [0.3, 0.4) is 0 Å². The van der Waals surface area contributed by atoms with E-state index in [0.29, 0.717) is 0 Å². The Morgan fingerprint density at radius 2 is 1.40 bits per heavy atom. The van der Waals surface area contributed by atoms with Crippen LogP contribution in [0.1, 0.15) is 0 Å². The highest BCUT2D eigenvalue weighted by Crippen LogP contribution is 2.31. The van der Waals surface area contributed by atoms with Crippen LogP contribution in [0.2, 0.25) is 0 Å². The van der Waals surface area contributed by atoms with Crippen molar-refractivity contribution in [3.05, 3.63) is 35.2 Å². The monoisotopic (exact) mass is 291 g/mol. The highest BCUT2D eigenvalue weighted by molar-refractivity contribution is 5.63. The molecule has 0 unspecified atom stereocenters. The first-order valence-corrected chi connectivity index (χ1v) is 5.07. The third-order valence-electron chi connectivity index (χ3n) is 2.40. The standard InChI is InChI=1S/C11H6F5N3O/c1-20-4-2-3(18-11(17)19-4)5-6(12)8(14)10(16)9(15)7(5)13/h2H,1H3,(H2,17,18,19). The van der Waals surface area contributed by atoms with Crippen molar-refractivity contribution in [2.24, 2.45) is 0 Å². The van der Waals surface area contributed by atoms with Crippen LogP contribution in [0, 0.1) is 29.1 Å². The van der Waals surface area contributed by atoms with Gasteiger partial charge in [0, 0.05) is 6.07 Å². The molecule has 20 heavy (non-hydrogen) atoms. The number of rotatable bonds is 2. The van der Waals surface area contributed by atoms with Gasteiger partial charge in [0.15, 0.2) is 23.3 Å². The molecule has 0 atom stereocenters. The van der Waals surface area contributed by atoms with Gasteiger partial charge >= 0.3 is 0 Å². The van der Waals surface area contributed by atoms with E-state index in [1.165, 1.54) is 7.11 Å². The van der Waals surface area contributed by atoms with Crippen LogP contribution in [0.25, 0.3) is 11.3 Å². The van der Waals surface area contributed by atoms with Crippen molar-refractivity contribution in [2.75, 3.05) is 12.8 Å². The van der Waals surface area contributed by atoms with Gasteiger partial charge in [0.2, 0.25) is 17.6 Å². The fourth-order valence-corrected chi connectivity index (χ4v) is 1.51. The molecule has 9 heteroatoms. The summed E-state index contributed by atoms with van der Waals surface area (Å²) in [5.41, 5.74) is 3.49. The summed E-state index contributed by atoms with van der Waals surface area (Å²) in [6, 6.07) is 0.897. The molecule has 2 rings (SSSR count). The van der Waals surface area contributed by atoms with Crippen LogP contribution in [0.5, 0.6) is 5.88 Å². The molecule has 1 aromatic carbocycles. The lowest BCUT2D eigenvalue weighted by atomic mass is 10.1. The molecule has 0 radical (unpaired) electrons. The lowest BCUT2D eigenvalue weighted by Gasteiger charge is -2.09. The first-order chi connectivity index (χ1) is 9.36. The number of methoxy groups -OCH3 is 1. The van der Waals surface area contributed by atoms with Gasteiger partial charge in [0.05, 0.1) is 18.4 Å². The minimum Gasteiger partial charge on any atom is -0.481 e. The second kappa shape index (κ2) is 4.91. The summed E-state index contributed by atoms with van der Waals surface area (Å²) in [5, 5.41) is 0. The Morgan fingerprint density at radius 3 is 1.90 bits per heavy atom. The fourth-order valence-electron chi connectivity index (χ4n) is 1.51. The van der Waals surface area contributed by atoms with Crippen LogP contribution in [0.15, 0.2) is 6.07 Å². The maximum absolute atomic E-state index is 13.6.